The molecule has 0 aliphatic heterocycles. The predicted octanol–water partition coefficient (Wildman–Crippen LogP) is 1.01. The maximum absolute atomic E-state index is 10.9. The van der Waals surface area contributed by atoms with Crippen molar-refractivity contribution < 1.29 is 25.2 Å². The molecule has 20 heavy (non-hydrogen) atoms. The average Bonchev–Trinajstić information content (AvgIpc) is 2.33. The number of carbonyl (C=O) groups is 1. The molecule has 0 fully saturated rings. The van der Waals surface area contributed by atoms with E-state index in [1.807, 2.05) is 0 Å². The molecule has 112 valence electrons. The van der Waals surface area contributed by atoms with Gasteiger partial charge in [0.25, 0.3) is 0 Å². The molecule has 0 saturated carbocycles. The van der Waals surface area contributed by atoms with Crippen LogP contribution in [0.2, 0.25) is 0 Å². The van der Waals surface area contributed by atoms with Gasteiger partial charge in [0, 0.05) is 11.5 Å². The molecule has 3 atom stereocenters. The van der Waals surface area contributed by atoms with E-state index in [9.17, 15) is 20.1 Å². The second-order valence-corrected chi connectivity index (χ2v) is 5.67. The van der Waals surface area contributed by atoms with Gasteiger partial charge in [0.2, 0.25) is 0 Å². The molecule has 0 aromatic heterocycles. The predicted molar refractivity (Wildman–Crippen MR) is 75.1 cm³/mol. The van der Waals surface area contributed by atoms with Gasteiger partial charge in [-0.05, 0) is 37.5 Å². The van der Waals surface area contributed by atoms with Gasteiger partial charge in [-0.25, -0.2) is 4.79 Å². The minimum absolute atomic E-state index is 0.226. The van der Waals surface area contributed by atoms with Crippen LogP contribution in [0.25, 0.3) is 0 Å². The Morgan fingerprint density at radius 2 is 2.15 bits per heavy atom. The minimum atomic E-state index is -1.42. The number of rotatable bonds is 4. The van der Waals surface area contributed by atoms with Crippen molar-refractivity contribution >= 4 is 5.97 Å². The molecule has 0 spiro atoms. The molecule has 5 nitrogen and oxygen atoms in total. The third kappa shape index (κ3) is 3.17. The Bertz CT molecular complexity index is 477. The van der Waals surface area contributed by atoms with E-state index in [1.165, 1.54) is 12.2 Å². The Morgan fingerprint density at radius 1 is 1.55 bits per heavy atom. The van der Waals surface area contributed by atoms with E-state index in [-0.39, 0.29) is 13.0 Å². The van der Waals surface area contributed by atoms with Crippen LogP contribution in [0.1, 0.15) is 27.2 Å². The van der Waals surface area contributed by atoms with E-state index in [4.69, 9.17) is 5.11 Å². The normalized spacial score (nSPS) is 35.2. The van der Waals surface area contributed by atoms with E-state index in [1.54, 1.807) is 26.8 Å². The van der Waals surface area contributed by atoms with E-state index >= 15 is 0 Å². The number of carboxylic acid groups (broad SMARTS) is 1. The van der Waals surface area contributed by atoms with Crippen LogP contribution >= 0.6 is 0 Å². The largest absolute Gasteiger partial charge is 0.478 e. The van der Waals surface area contributed by atoms with Crippen molar-refractivity contribution in [1.82, 2.24) is 0 Å². The van der Waals surface area contributed by atoms with E-state index < -0.39 is 23.1 Å². The number of allylic oxidation sites excluding steroid dienone is 2. The fraction of sp³-hybridized carbons (Fsp3) is 0.533. The molecule has 0 bridgehead atoms. The lowest BCUT2D eigenvalue weighted by molar-refractivity contribution is -0.131. The maximum atomic E-state index is 10.9. The van der Waals surface area contributed by atoms with E-state index in [0.717, 1.165) is 6.08 Å². The molecule has 1 aliphatic carbocycles. The van der Waals surface area contributed by atoms with Gasteiger partial charge < -0.3 is 20.4 Å². The molecule has 3 unspecified atom stereocenters. The molecule has 0 aromatic rings. The van der Waals surface area contributed by atoms with Crippen LogP contribution in [0.3, 0.4) is 0 Å². The highest BCUT2D eigenvalue weighted by atomic mass is 16.4. The fourth-order valence-electron chi connectivity index (χ4n) is 2.58. The molecule has 1 rings (SSSR count). The Kier molecular flexibility index (Phi) is 4.91. The summed E-state index contributed by atoms with van der Waals surface area (Å²) in [4.78, 5) is 10.6. The summed E-state index contributed by atoms with van der Waals surface area (Å²) in [5.41, 5.74) is -1.34. The van der Waals surface area contributed by atoms with Crippen molar-refractivity contribution in [1.29, 1.82) is 0 Å². The lowest BCUT2D eigenvalue weighted by Gasteiger charge is -2.47. The summed E-state index contributed by atoms with van der Waals surface area (Å²) < 4.78 is 0. The molecule has 4 N–H and O–H groups in total. The summed E-state index contributed by atoms with van der Waals surface area (Å²) in [5.74, 6) is -1.06. The number of hydrogen-bond donors (Lipinski definition) is 4. The highest BCUT2D eigenvalue weighted by Gasteiger charge is 2.49. The van der Waals surface area contributed by atoms with Crippen LogP contribution < -0.4 is 0 Å². The summed E-state index contributed by atoms with van der Waals surface area (Å²) in [5, 5.41) is 38.9. The first-order chi connectivity index (χ1) is 9.14. The van der Waals surface area contributed by atoms with Gasteiger partial charge in [-0.2, -0.15) is 0 Å². The van der Waals surface area contributed by atoms with Crippen molar-refractivity contribution in [3.63, 3.8) is 0 Å². The molecule has 5 heteroatoms. The Labute approximate surface area is 118 Å². The smallest absolute Gasteiger partial charge is 0.328 e. The molecule has 1 aliphatic rings. The van der Waals surface area contributed by atoms with Crippen LogP contribution in [0, 0.1) is 5.41 Å². The monoisotopic (exact) mass is 282 g/mol. The summed E-state index contributed by atoms with van der Waals surface area (Å²) >= 11 is 0. The van der Waals surface area contributed by atoms with E-state index in [0.29, 0.717) is 11.1 Å². The highest BCUT2D eigenvalue weighted by molar-refractivity contribution is 5.81. The molecular formula is C15H22O5. The highest BCUT2D eigenvalue weighted by Crippen LogP contribution is 2.45. The lowest BCUT2D eigenvalue weighted by atomic mass is 9.63. The lowest BCUT2D eigenvalue weighted by Crippen LogP contribution is -2.52. The fourth-order valence-corrected chi connectivity index (χ4v) is 2.58. The van der Waals surface area contributed by atoms with Crippen molar-refractivity contribution in [2.45, 2.75) is 38.9 Å². The van der Waals surface area contributed by atoms with Crippen molar-refractivity contribution in [2.75, 3.05) is 6.61 Å². The second kappa shape index (κ2) is 5.91. The zero-order valence-corrected chi connectivity index (χ0v) is 12.0. The molecule has 0 radical (unpaired) electrons. The first kappa shape index (κ1) is 16.6. The summed E-state index contributed by atoms with van der Waals surface area (Å²) in [6, 6.07) is 0. The van der Waals surface area contributed by atoms with Crippen LogP contribution in [0.5, 0.6) is 0 Å². The minimum Gasteiger partial charge on any atom is -0.478 e. The summed E-state index contributed by atoms with van der Waals surface area (Å²) in [6.07, 6.45) is 5.09. The summed E-state index contributed by atoms with van der Waals surface area (Å²) in [7, 11) is 0. The number of aliphatic hydroxyl groups excluding tert-OH is 2. The topological polar surface area (TPSA) is 98.0 Å². The summed E-state index contributed by atoms with van der Waals surface area (Å²) in [6.45, 7) is 4.68. The Morgan fingerprint density at radius 3 is 2.65 bits per heavy atom. The van der Waals surface area contributed by atoms with Gasteiger partial charge in [0.15, 0.2) is 0 Å². The quantitative estimate of drug-likeness (QED) is 0.350. The van der Waals surface area contributed by atoms with Gasteiger partial charge in [0.1, 0.15) is 5.60 Å². The Balaban J connectivity index is 3.19. The van der Waals surface area contributed by atoms with Crippen LogP contribution in [-0.2, 0) is 4.79 Å². The van der Waals surface area contributed by atoms with E-state index in [2.05, 4.69) is 0 Å². The molecular weight excluding hydrogens is 260 g/mol. The zero-order valence-electron chi connectivity index (χ0n) is 12.0. The number of carboxylic acids is 1. The second-order valence-electron chi connectivity index (χ2n) is 5.67. The van der Waals surface area contributed by atoms with Gasteiger partial charge in [-0.3, -0.25) is 0 Å². The van der Waals surface area contributed by atoms with Crippen LogP contribution in [0.4, 0.5) is 0 Å². The molecule has 0 heterocycles. The average molecular weight is 282 g/mol. The molecule has 0 aromatic carbocycles. The van der Waals surface area contributed by atoms with Gasteiger partial charge in [-0.15, -0.1) is 0 Å². The molecule has 0 amide bonds. The SMILES string of the molecule is CC(C=CC1(O)C(C)=CC(O)CC1(C)CO)=CC(=O)O. The standard InChI is InChI=1S/C15H22O5/c1-10(6-13(18)19)4-5-15(20)11(2)7-12(17)8-14(15,3)9-16/h4-7,12,16-17,20H,8-9H2,1-3H3,(H,18,19). The third-order valence-corrected chi connectivity index (χ3v) is 3.91. The van der Waals surface area contributed by atoms with Gasteiger partial charge >= 0.3 is 5.97 Å². The molecule has 0 saturated heterocycles. The van der Waals surface area contributed by atoms with Crippen LogP contribution in [-0.4, -0.2) is 44.7 Å². The number of aliphatic carboxylic acids is 1. The van der Waals surface area contributed by atoms with Crippen LogP contribution in [0.15, 0.2) is 35.5 Å². The maximum Gasteiger partial charge on any atom is 0.328 e. The van der Waals surface area contributed by atoms with Crippen molar-refractivity contribution in [3.05, 3.63) is 35.5 Å². The van der Waals surface area contributed by atoms with Gasteiger partial charge in [0.05, 0.1) is 12.7 Å². The zero-order chi connectivity index (χ0) is 15.6. The first-order valence-electron chi connectivity index (χ1n) is 6.45. The third-order valence-electron chi connectivity index (χ3n) is 3.91. The number of hydrogen-bond acceptors (Lipinski definition) is 4. The number of aliphatic hydroxyl groups is 3. The van der Waals surface area contributed by atoms with Crippen molar-refractivity contribution in [2.24, 2.45) is 5.41 Å². The van der Waals surface area contributed by atoms with Gasteiger partial charge in [-0.1, -0.05) is 19.1 Å². The Hall–Kier alpha value is -1.43. The van der Waals surface area contributed by atoms with Crippen molar-refractivity contribution in [3.8, 4) is 0 Å². The first-order valence-corrected chi connectivity index (χ1v) is 6.45.